The van der Waals surface area contributed by atoms with Crippen molar-refractivity contribution in [2.75, 3.05) is 21.3 Å². The van der Waals surface area contributed by atoms with E-state index in [-0.39, 0.29) is 49.5 Å². The molecule has 0 aromatic heterocycles. The van der Waals surface area contributed by atoms with Crippen LogP contribution in [0.4, 0.5) is 0 Å². The van der Waals surface area contributed by atoms with Crippen molar-refractivity contribution in [3.05, 3.63) is 71.3 Å². The maximum atomic E-state index is 10.8. The highest BCUT2D eigenvalue weighted by Crippen LogP contribution is 2.28. The number of ether oxygens (including phenoxy) is 3. The second-order valence-electron chi connectivity index (χ2n) is 9.62. The molecule has 0 aliphatic heterocycles. The van der Waals surface area contributed by atoms with Crippen LogP contribution in [0.3, 0.4) is 0 Å². The lowest BCUT2D eigenvalue weighted by molar-refractivity contribution is -0.117. The molecule has 44 heavy (non-hydrogen) atoms. The van der Waals surface area contributed by atoms with Gasteiger partial charge in [-0.25, -0.2) is 0 Å². The summed E-state index contributed by atoms with van der Waals surface area (Å²) in [5, 5.41) is 28.0. The van der Waals surface area contributed by atoms with Crippen LogP contribution < -0.4 is 14.2 Å². The number of hydrogen-bond donors (Lipinski definition) is 3. The lowest BCUT2D eigenvalue weighted by Gasteiger charge is -2.05. The Kier molecular flexibility index (Phi) is 20.9. The molecule has 0 radical (unpaired) electrons. The van der Waals surface area contributed by atoms with Crippen LogP contribution in [0.2, 0.25) is 0 Å². The van der Waals surface area contributed by atoms with E-state index < -0.39 is 0 Å². The molecule has 9 nitrogen and oxygen atoms in total. The van der Waals surface area contributed by atoms with Crippen molar-refractivity contribution in [3.63, 3.8) is 0 Å². The van der Waals surface area contributed by atoms with Crippen LogP contribution in [0.5, 0.6) is 34.5 Å². The Labute approximate surface area is 262 Å². The van der Waals surface area contributed by atoms with Crippen molar-refractivity contribution < 1.29 is 43.9 Å². The Morgan fingerprint density at radius 1 is 0.500 bits per heavy atom. The standard InChI is InChI=1S/3C11H14O3.2CH4/c3*1-8(12)3-4-9-5-6-10(13)11(7-9)14-2;;/h3*5-7,13H,3-4H2,1-2H3;2*1H4. The first-order valence-corrected chi connectivity index (χ1v) is 13.5. The second-order valence-corrected chi connectivity index (χ2v) is 9.62. The summed E-state index contributed by atoms with van der Waals surface area (Å²) < 4.78 is 14.9. The van der Waals surface area contributed by atoms with Crippen molar-refractivity contribution in [2.45, 2.75) is 74.1 Å². The highest BCUT2D eigenvalue weighted by atomic mass is 16.5. The molecule has 0 unspecified atom stereocenters. The molecule has 0 atom stereocenters. The van der Waals surface area contributed by atoms with E-state index in [1.807, 2.05) is 0 Å². The number of methoxy groups -OCH3 is 3. The van der Waals surface area contributed by atoms with Crippen molar-refractivity contribution in [3.8, 4) is 34.5 Å². The molecule has 3 aromatic rings. The average molecular weight is 615 g/mol. The van der Waals surface area contributed by atoms with Crippen LogP contribution in [-0.2, 0) is 33.6 Å². The number of aromatic hydroxyl groups is 3. The third kappa shape index (κ3) is 16.2. The fraction of sp³-hybridized carbons (Fsp3) is 0.400. The lowest BCUT2D eigenvalue weighted by atomic mass is 10.1. The monoisotopic (exact) mass is 614 g/mol. The van der Waals surface area contributed by atoms with Crippen molar-refractivity contribution in [2.24, 2.45) is 0 Å². The molecule has 3 rings (SSSR count). The molecule has 0 aliphatic rings. The van der Waals surface area contributed by atoms with Crippen LogP contribution in [-0.4, -0.2) is 54.0 Å². The Morgan fingerprint density at radius 2 is 0.727 bits per heavy atom. The van der Waals surface area contributed by atoms with Gasteiger partial charge in [0.05, 0.1) is 21.3 Å². The molecule has 0 amide bonds. The molecule has 9 heteroatoms. The zero-order valence-electron chi connectivity index (χ0n) is 25.2. The van der Waals surface area contributed by atoms with E-state index in [0.29, 0.717) is 55.8 Å². The molecule has 0 fully saturated rings. The summed E-state index contributed by atoms with van der Waals surface area (Å²) in [5.41, 5.74) is 2.99. The third-order valence-electron chi connectivity index (χ3n) is 6.03. The molecule has 0 spiro atoms. The molecule has 0 aliphatic carbocycles. The molecular formula is C35H50O9. The number of ketones is 3. The third-order valence-corrected chi connectivity index (χ3v) is 6.03. The summed E-state index contributed by atoms with van der Waals surface area (Å²) in [5.74, 6) is 2.21. The summed E-state index contributed by atoms with van der Waals surface area (Å²) in [6.07, 6.45) is 3.62. The number of benzene rings is 3. The number of Topliss-reactive ketones (excluding diaryl/α,β-unsaturated/α-hetero) is 3. The van der Waals surface area contributed by atoms with Crippen molar-refractivity contribution in [1.29, 1.82) is 0 Å². The number of phenols is 3. The molecule has 3 aromatic carbocycles. The first-order valence-electron chi connectivity index (χ1n) is 13.5. The fourth-order valence-electron chi connectivity index (χ4n) is 3.59. The largest absolute Gasteiger partial charge is 0.504 e. The number of carbonyl (C=O) groups excluding carboxylic acids is 3. The van der Waals surface area contributed by atoms with Gasteiger partial charge >= 0.3 is 0 Å². The van der Waals surface area contributed by atoms with E-state index >= 15 is 0 Å². The van der Waals surface area contributed by atoms with Gasteiger partial charge in [-0.05, 0) is 93.1 Å². The van der Waals surface area contributed by atoms with Gasteiger partial charge in [0, 0.05) is 19.3 Å². The molecule has 0 saturated heterocycles. The molecular weight excluding hydrogens is 564 g/mol. The van der Waals surface area contributed by atoms with Crippen LogP contribution in [0.1, 0.15) is 71.6 Å². The van der Waals surface area contributed by atoms with Crippen LogP contribution in [0.15, 0.2) is 54.6 Å². The SMILES string of the molecule is C.C.COc1cc(CCC(C)=O)ccc1O.COc1cc(CCC(C)=O)ccc1O.COc1cc(CCC(C)=O)ccc1O. The molecule has 244 valence electrons. The highest BCUT2D eigenvalue weighted by Gasteiger charge is 2.05. The quantitative estimate of drug-likeness (QED) is 0.196. The van der Waals surface area contributed by atoms with Gasteiger partial charge in [-0.3, -0.25) is 0 Å². The number of hydrogen-bond acceptors (Lipinski definition) is 9. The zero-order valence-corrected chi connectivity index (χ0v) is 25.2. The van der Waals surface area contributed by atoms with Gasteiger partial charge in [-0.15, -0.1) is 0 Å². The Balaban J connectivity index is 0. The van der Waals surface area contributed by atoms with Gasteiger partial charge in [0.2, 0.25) is 0 Å². The van der Waals surface area contributed by atoms with E-state index in [0.717, 1.165) is 16.7 Å². The maximum absolute atomic E-state index is 10.8. The normalized spacial score (nSPS) is 9.41. The minimum atomic E-state index is 0. The summed E-state index contributed by atoms with van der Waals surface area (Å²) in [4.78, 5) is 32.3. The van der Waals surface area contributed by atoms with Crippen LogP contribution in [0.25, 0.3) is 0 Å². The van der Waals surface area contributed by atoms with Gasteiger partial charge in [0.15, 0.2) is 34.5 Å². The van der Waals surface area contributed by atoms with Gasteiger partial charge in [-0.2, -0.15) is 0 Å². The summed E-state index contributed by atoms with van der Waals surface area (Å²) in [6, 6.07) is 15.4. The highest BCUT2D eigenvalue weighted by molar-refractivity contribution is 5.76. The fourth-order valence-corrected chi connectivity index (χ4v) is 3.59. The Bertz CT molecular complexity index is 1160. The van der Waals surface area contributed by atoms with Crippen molar-refractivity contribution >= 4 is 17.3 Å². The zero-order chi connectivity index (χ0) is 31.7. The van der Waals surface area contributed by atoms with E-state index in [1.54, 1.807) is 75.4 Å². The van der Waals surface area contributed by atoms with E-state index in [4.69, 9.17) is 14.2 Å². The number of carbonyl (C=O) groups is 3. The number of aryl methyl sites for hydroxylation is 3. The maximum Gasteiger partial charge on any atom is 0.160 e. The molecule has 3 N–H and O–H groups in total. The topological polar surface area (TPSA) is 140 Å². The van der Waals surface area contributed by atoms with Gasteiger partial charge in [0.1, 0.15) is 17.3 Å². The summed E-state index contributed by atoms with van der Waals surface area (Å²) >= 11 is 0. The second kappa shape index (κ2) is 22.1. The van der Waals surface area contributed by atoms with E-state index in [9.17, 15) is 29.7 Å². The Hall–Kier alpha value is -4.53. The van der Waals surface area contributed by atoms with Gasteiger partial charge in [-0.1, -0.05) is 33.1 Å². The van der Waals surface area contributed by atoms with E-state index in [1.165, 1.54) is 21.3 Å². The molecule has 0 heterocycles. The van der Waals surface area contributed by atoms with Gasteiger partial charge in [0.25, 0.3) is 0 Å². The van der Waals surface area contributed by atoms with Crippen molar-refractivity contribution in [1.82, 2.24) is 0 Å². The number of rotatable bonds is 12. The lowest BCUT2D eigenvalue weighted by Crippen LogP contribution is -1.94. The van der Waals surface area contributed by atoms with E-state index in [2.05, 4.69) is 0 Å². The summed E-state index contributed by atoms with van der Waals surface area (Å²) in [7, 11) is 4.51. The van der Waals surface area contributed by atoms with Crippen LogP contribution in [0, 0.1) is 0 Å². The smallest absolute Gasteiger partial charge is 0.160 e. The minimum absolute atomic E-state index is 0. The minimum Gasteiger partial charge on any atom is -0.504 e. The predicted molar refractivity (Wildman–Crippen MR) is 174 cm³/mol. The first kappa shape index (κ1) is 41.6. The molecule has 0 saturated carbocycles. The molecule has 0 bridgehead atoms. The Morgan fingerprint density at radius 3 is 0.909 bits per heavy atom. The predicted octanol–water partition coefficient (Wildman–Crippen LogP) is 7.04. The summed E-state index contributed by atoms with van der Waals surface area (Å²) in [6.45, 7) is 4.70. The van der Waals surface area contributed by atoms with Crippen LogP contribution >= 0.6 is 0 Å². The van der Waals surface area contributed by atoms with Gasteiger partial charge < -0.3 is 43.9 Å². The number of phenolic OH excluding ortho intramolecular Hbond substituents is 3. The first-order chi connectivity index (χ1) is 19.9. The average Bonchev–Trinajstić information content (AvgIpc) is 2.96.